The number of aliphatic carboxylic acids is 1. The van der Waals surface area contributed by atoms with Crippen LogP contribution in [0.25, 0.3) is 11.1 Å². The summed E-state index contributed by atoms with van der Waals surface area (Å²) in [5, 5.41) is 11.9. The van der Waals surface area contributed by atoms with Crippen LogP contribution in [0.4, 0.5) is 4.79 Å². The Hall–Kier alpha value is -3.35. The largest absolute Gasteiger partial charge is 0.480 e. The van der Waals surface area contributed by atoms with E-state index >= 15 is 0 Å². The smallest absolute Gasteiger partial charge is 0.407 e. The van der Waals surface area contributed by atoms with Crippen molar-refractivity contribution in [2.24, 2.45) is 5.92 Å². The Morgan fingerprint density at radius 3 is 2.25 bits per heavy atom. The first-order valence-corrected chi connectivity index (χ1v) is 11.1. The molecule has 2 aromatic rings. The van der Waals surface area contributed by atoms with Gasteiger partial charge in [0.25, 0.3) is 0 Å². The zero-order chi connectivity index (χ0) is 22.7. The fraction of sp³-hybridized carbons (Fsp3) is 0.400. The molecule has 1 saturated heterocycles. The molecule has 1 heterocycles. The minimum Gasteiger partial charge on any atom is -0.480 e. The van der Waals surface area contributed by atoms with Gasteiger partial charge in [-0.1, -0.05) is 61.9 Å². The highest BCUT2D eigenvalue weighted by Crippen LogP contribution is 2.44. The van der Waals surface area contributed by atoms with E-state index in [1.807, 2.05) is 31.2 Å². The third kappa shape index (κ3) is 4.20. The maximum absolute atomic E-state index is 12.8. The van der Waals surface area contributed by atoms with E-state index in [0.29, 0.717) is 19.4 Å². The summed E-state index contributed by atoms with van der Waals surface area (Å²) < 4.78 is 5.54. The summed E-state index contributed by atoms with van der Waals surface area (Å²) in [4.78, 5) is 37.8. The van der Waals surface area contributed by atoms with E-state index in [9.17, 15) is 19.5 Å². The third-order valence-corrected chi connectivity index (χ3v) is 6.41. The quantitative estimate of drug-likeness (QED) is 0.659. The van der Waals surface area contributed by atoms with E-state index in [1.165, 1.54) is 4.90 Å². The Labute approximate surface area is 187 Å². The number of nitrogens with zero attached hydrogens (tertiary/aromatic N) is 1. The van der Waals surface area contributed by atoms with Crippen molar-refractivity contribution in [2.45, 2.75) is 38.1 Å². The van der Waals surface area contributed by atoms with Crippen LogP contribution in [0.1, 0.15) is 43.2 Å². The summed E-state index contributed by atoms with van der Waals surface area (Å²) in [7, 11) is 0. The highest BCUT2D eigenvalue weighted by Gasteiger charge is 2.40. The monoisotopic (exact) mass is 436 g/mol. The predicted molar refractivity (Wildman–Crippen MR) is 119 cm³/mol. The number of rotatable bonds is 8. The molecular weight excluding hydrogens is 408 g/mol. The van der Waals surface area contributed by atoms with Gasteiger partial charge in [-0.3, -0.25) is 4.79 Å². The molecule has 2 amide bonds. The van der Waals surface area contributed by atoms with E-state index in [-0.39, 0.29) is 25.0 Å². The molecule has 4 rings (SSSR count). The van der Waals surface area contributed by atoms with Crippen molar-refractivity contribution in [3.8, 4) is 11.1 Å². The Bertz CT molecular complexity index is 975. The lowest BCUT2D eigenvalue weighted by atomic mass is 9.96. The molecule has 2 atom stereocenters. The molecule has 0 aromatic heterocycles. The van der Waals surface area contributed by atoms with Gasteiger partial charge < -0.3 is 20.1 Å². The summed E-state index contributed by atoms with van der Waals surface area (Å²) in [6.07, 6.45) is 1.23. The van der Waals surface area contributed by atoms with E-state index in [4.69, 9.17) is 4.74 Å². The van der Waals surface area contributed by atoms with E-state index in [1.54, 1.807) is 0 Å². The highest BCUT2D eigenvalue weighted by molar-refractivity contribution is 5.87. The van der Waals surface area contributed by atoms with Gasteiger partial charge >= 0.3 is 12.1 Å². The van der Waals surface area contributed by atoms with Crippen molar-refractivity contribution in [3.05, 3.63) is 59.7 Å². The molecule has 2 aliphatic rings. The molecule has 2 N–H and O–H groups in total. The minimum absolute atomic E-state index is 0.0290. The third-order valence-electron chi connectivity index (χ3n) is 6.41. The fourth-order valence-corrected chi connectivity index (χ4v) is 4.66. The second-order valence-corrected chi connectivity index (χ2v) is 8.37. The molecule has 7 heteroatoms. The van der Waals surface area contributed by atoms with Gasteiger partial charge in [-0.15, -0.1) is 0 Å². The summed E-state index contributed by atoms with van der Waals surface area (Å²) in [5.41, 5.74) is 4.59. The number of carbonyl (C=O) groups is 3. The molecule has 1 aliphatic heterocycles. The average Bonchev–Trinajstić information content (AvgIpc) is 3.07. The SMILES string of the molecule is CCCC(CNC(=O)OCC1c2ccccc2-c2ccccc21)C(=O)N1CCC1C(=O)O. The number of carboxylic acid groups (broad SMARTS) is 1. The number of carbonyl (C=O) groups excluding carboxylic acids is 2. The first-order valence-electron chi connectivity index (χ1n) is 11.1. The molecule has 32 heavy (non-hydrogen) atoms. The molecular formula is C25H28N2O5. The average molecular weight is 437 g/mol. The van der Waals surface area contributed by atoms with Crippen LogP contribution in [0.2, 0.25) is 0 Å². The van der Waals surface area contributed by atoms with Crippen molar-refractivity contribution in [1.29, 1.82) is 0 Å². The van der Waals surface area contributed by atoms with Crippen LogP contribution in [0.15, 0.2) is 48.5 Å². The number of hydrogen-bond acceptors (Lipinski definition) is 4. The normalized spacial score (nSPS) is 17.7. The van der Waals surface area contributed by atoms with Gasteiger partial charge in [0.1, 0.15) is 12.6 Å². The van der Waals surface area contributed by atoms with Crippen molar-refractivity contribution >= 4 is 18.0 Å². The summed E-state index contributed by atoms with van der Waals surface area (Å²) in [6, 6.07) is 15.5. The van der Waals surface area contributed by atoms with Crippen molar-refractivity contribution in [2.75, 3.05) is 19.7 Å². The minimum atomic E-state index is -0.982. The first kappa shape index (κ1) is 21.9. The van der Waals surface area contributed by atoms with E-state index < -0.39 is 24.0 Å². The second kappa shape index (κ2) is 9.42. The fourth-order valence-electron chi connectivity index (χ4n) is 4.66. The van der Waals surface area contributed by atoms with Crippen LogP contribution in [0, 0.1) is 5.92 Å². The van der Waals surface area contributed by atoms with Crippen LogP contribution in [0.3, 0.4) is 0 Å². The van der Waals surface area contributed by atoms with E-state index in [0.717, 1.165) is 28.7 Å². The molecule has 0 radical (unpaired) electrons. The first-order chi connectivity index (χ1) is 15.5. The maximum Gasteiger partial charge on any atom is 0.407 e. The molecule has 0 saturated carbocycles. The number of ether oxygens (including phenoxy) is 1. The van der Waals surface area contributed by atoms with Gasteiger partial charge in [-0.2, -0.15) is 0 Å². The highest BCUT2D eigenvalue weighted by atomic mass is 16.5. The number of carboxylic acids is 1. The van der Waals surface area contributed by atoms with Crippen molar-refractivity contribution < 1.29 is 24.2 Å². The lowest BCUT2D eigenvalue weighted by Crippen LogP contribution is -2.57. The summed E-state index contributed by atoms with van der Waals surface area (Å²) in [5.74, 6) is -1.69. The number of fused-ring (bicyclic) bond motifs is 3. The zero-order valence-electron chi connectivity index (χ0n) is 18.1. The predicted octanol–water partition coefficient (Wildman–Crippen LogP) is 3.63. The van der Waals surface area contributed by atoms with Gasteiger partial charge in [-0.05, 0) is 35.1 Å². The molecule has 168 valence electrons. The second-order valence-electron chi connectivity index (χ2n) is 8.37. The molecule has 0 bridgehead atoms. The van der Waals surface area contributed by atoms with Gasteiger partial charge in [0.2, 0.25) is 5.91 Å². The topological polar surface area (TPSA) is 95.9 Å². The standard InChI is InChI=1S/C25H28N2O5/c1-2-7-16(23(28)27-13-12-22(27)24(29)30)14-26-25(31)32-15-21-19-10-5-3-8-17(19)18-9-4-6-11-20(18)21/h3-6,8-11,16,21-22H,2,7,12-15H2,1H3,(H,26,31)(H,29,30). The molecule has 7 nitrogen and oxygen atoms in total. The number of nitrogens with one attached hydrogen (secondary N) is 1. The van der Waals surface area contributed by atoms with Crippen molar-refractivity contribution in [1.82, 2.24) is 10.2 Å². The van der Waals surface area contributed by atoms with Crippen LogP contribution in [0.5, 0.6) is 0 Å². The number of hydrogen-bond donors (Lipinski definition) is 2. The Balaban J connectivity index is 1.35. The number of likely N-dealkylation sites (tertiary alicyclic amines) is 1. The van der Waals surface area contributed by atoms with Gasteiger partial charge in [-0.25, -0.2) is 9.59 Å². The molecule has 1 fully saturated rings. The Morgan fingerprint density at radius 2 is 1.72 bits per heavy atom. The Morgan fingerprint density at radius 1 is 1.09 bits per heavy atom. The summed E-state index contributed by atoms with van der Waals surface area (Å²) >= 11 is 0. The number of benzene rings is 2. The molecule has 1 aliphatic carbocycles. The van der Waals surface area contributed by atoms with Gasteiger partial charge in [0.15, 0.2) is 0 Å². The summed E-state index contributed by atoms with van der Waals surface area (Å²) in [6.45, 7) is 2.74. The van der Waals surface area contributed by atoms with Crippen LogP contribution in [-0.4, -0.2) is 53.7 Å². The molecule has 0 spiro atoms. The van der Waals surface area contributed by atoms with Gasteiger partial charge in [0.05, 0.1) is 5.92 Å². The molecule has 2 unspecified atom stereocenters. The molecule has 2 aromatic carbocycles. The zero-order valence-corrected chi connectivity index (χ0v) is 18.1. The van der Waals surface area contributed by atoms with Gasteiger partial charge in [0, 0.05) is 19.0 Å². The lowest BCUT2D eigenvalue weighted by molar-refractivity contribution is -0.159. The number of amides is 2. The number of alkyl carbamates (subject to hydrolysis) is 1. The van der Waals surface area contributed by atoms with Crippen LogP contribution >= 0.6 is 0 Å². The van der Waals surface area contributed by atoms with Crippen LogP contribution in [-0.2, 0) is 14.3 Å². The maximum atomic E-state index is 12.8. The Kier molecular flexibility index (Phi) is 6.44. The van der Waals surface area contributed by atoms with Crippen LogP contribution < -0.4 is 5.32 Å². The van der Waals surface area contributed by atoms with Crippen molar-refractivity contribution in [3.63, 3.8) is 0 Å². The van der Waals surface area contributed by atoms with E-state index in [2.05, 4.69) is 29.6 Å². The lowest BCUT2D eigenvalue weighted by Gasteiger charge is -2.40.